The molecule has 0 heterocycles. The van der Waals surface area contributed by atoms with Crippen LogP contribution < -0.4 is 11.1 Å². The smallest absolute Gasteiger partial charge is 0.234 e. The van der Waals surface area contributed by atoms with E-state index in [1.165, 1.54) is 0 Å². The van der Waals surface area contributed by atoms with Crippen LogP contribution in [0.15, 0.2) is 18.2 Å². The predicted molar refractivity (Wildman–Crippen MR) is 76.4 cm³/mol. The lowest BCUT2D eigenvalue weighted by molar-refractivity contribution is -0.113. The zero-order chi connectivity index (χ0) is 12.8. The van der Waals surface area contributed by atoms with Gasteiger partial charge in [-0.05, 0) is 31.0 Å². The van der Waals surface area contributed by atoms with Gasteiger partial charge in [0.1, 0.15) is 0 Å². The first-order chi connectivity index (χ1) is 8.02. The van der Waals surface area contributed by atoms with Gasteiger partial charge in [-0.15, -0.1) is 11.8 Å². The van der Waals surface area contributed by atoms with Gasteiger partial charge < -0.3 is 11.1 Å². The van der Waals surface area contributed by atoms with Gasteiger partial charge in [-0.25, -0.2) is 0 Å². The average Bonchev–Trinajstić information content (AvgIpc) is 2.30. The molecule has 3 N–H and O–H groups in total. The number of nitrogens with two attached hydrogens (primary N) is 1. The van der Waals surface area contributed by atoms with Crippen molar-refractivity contribution < 1.29 is 4.79 Å². The third-order valence-electron chi connectivity index (χ3n) is 2.61. The summed E-state index contributed by atoms with van der Waals surface area (Å²) in [7, 11) is 0. The Morgan fingerprint density at radius 2 is 2.24 bits per heavy atom. The summed E-state index contributed by atoms with van der Waals surface area (Å²) >= 11 is 1.67. The van der Waals surface area contributed by atoms with E-state index in [9.17, 15) is 4.79 Å². The number of hydrogen-bond acceptors (Lipinski definition) is 3. The number of aryl methyl sites for hydroxylation is 1. The summed E-state index contributed by atoms with van der Waals surface area (Å²) in [4.78, 5) is 11.7. The topological polar surface area (TPSA) is 55.1 Å². The number of carbonyl (C=O) groups excluding carboxylic acids is 1. The van der Waals surface area contributed by atoms with Gasteiger partial charge in [0.2, 0.25) is 5.91 Å². The molecule has 1 aromatic carbocycles. The van der Waals surface area contributed by atoms with Crippen molar-refractivity contribution >= 4 is 29.0 Å². The van der Waals surface area contributed by atoms with Crippen molar-refractivity contribution in [2.45, 2.75) is 32.4 Å². The first-order valence-corrected chi connectivity index (χ1v) is 6.85. The van der Waals surface area contributed by atoms with Crippen LogP contribution in [0.1, 0.15) is 25.8 Å². The van der Waals surface area contributed by atoms with Gasteiger partial charge in [0.25, 0.3) is 0 Å². The van der Waals surface area contributed by atoms with Crippen molar-refractivity contribution in [1.29, 1.82) is 0 Å². The number of nitrogen functional groups attached to an aromatic ring is 1. The molecule has 0 saturated carbocycles. The molecule has 0 saturated heterocycles. The van der Waals surface area contributed by atoms with Crippen LogP contribution in [-0.2, 0) is 4.79 Å². The molecule has 0 aliphatic carbocycles. The van der Waals surface area contributed by atoms with E-state index in [4.69, 9.17) is 5.73 Å². The highest BCUT2D eigenvalue weighted by atomic mass is 32.2. The van der Waals surface area contributed by atoms with Crippen molar-refractivity contribution in [2.75, 3.05) is 16.8 Å². The Labute approximate surface area is 107 Å². The third kappa shape index (κ3) is 4.69. The second kappa shape index (κ2) is 6.55. The number of amides is 1. The zero-order valence-corrected chi connectivity index (χ0v) is 11.4. The van der Waals surface area contributed by atoms with Crippen LogP contribution in [0.2, 0.25) is 0 Å². The Bertz CT molecular complexity index is 393. The van der Waals surface area contributed by atoms with Crippen LogP contribution in [0.5, 0.6) is 0 Å². The molecule has 17 heavy (non-hydrogen) atoms. The predicted octanol–water partition coefficient (Wildman–Crippen LogP) is 3.05. The minimum atomic E-state index is 0.0315. The van der Waals surface area contributed by atoms with E-state index in [0.29, 0.717) is 16.7 Å². The van der Waals surface area contributed by atoms with Gasteiger partial charge in [-0.2, -0.15) is 0 Å². The molecule has 3 nitrogen and oxygen atoms in total. The number of hydrogen-bond donors (Lipinski definition) is 2. The highest BCUT2D eigenvalue weighted by molar-refractivity contribution is 8.00. The normalized spacial score (nSPS) is 12.2. The number of nitrogens with one attached hydrogen (secondary N) is 1. The van der Waals surface area contributed by atoms with Crippen molar-refractivity contribution in [3.63, 3.8) is 0 Å². The second-order valence-electron chi connectivity index (χ2n) is 4.15. The Kier molecular flexibility index (Phi) is 5.35. The summed E-state index contributed by atoms with van der Waals surface area (Å²) in [5.41, 5.74) is 8.19. The molecule has 0 fully saturated rings. The molecule has 1 atom stereocenters. The lowest BCUT2D eigenvalue weighted by Gasteiger charge is -2.11. The molecular formula is C13H20N2OS. The van der Waals surface area contributed by atoms with Crippen LogP contribution in [-0.4, -0.2) is 16.9 Å². The van der Waals surface area contributed by atoms with E-state index < -0.39 is 0 Å². The maximum atomic E-state index is 11.7. The van der Waals surface area contributed by atoms with Crippen molar-refractivity contribution in [1.82, 2.24) is 0 Å². The van der Waals surface area contributed by atoms with E-state index in [1.54, 1.807) is 17.8 Å². The lowest BCUT2D eigenvalue weighted by Crippen LogP contribution is -2.16. The Morgan fingerprint density at radius 1 is 1.53 bits per heavy atom. The molecule has 1 aromatic rings. The van der Waals surface area contributed by atoms with Crippen molar-refractivity contribution in [3.8, 4) is 0 Å². The van der Waals surface area contributed by atoms with Crippen molar-refractivity contribution in [2.24, 2.45) is 0 Å². The molecular weight excluding hydrogens is 232 g/mol. The number of benzene rings is 1. The van der Waals surface area contributed by atoms with E-state index in [1.807, 2.05) is 19.1 Å². The summed E-state index contributed by atoms with van der Waals surface area (Å²) in [6, 6.07) is 5.53. The standard InChI is InChI=1S/C13H20N2OS/c1-4-10(3)17-8-13(16)15-12-7-11(14)6-5-9(12)2/h5-7,10H,4,8,14H2,1-3H3,(H,15,16). The summed E-state index contributed by atoms with van der Waals surface area (Å²) in [5.74, 6) is 0.521. The van der Waals surface area contributed by atoms with Gasteiger partial charge in [0.05, 0.1) is 5.75 Å². The molecule has 94 valence electrons. The van der Waals surface area contributed by atoms with E-state index >= 15 is 0 Å². The fourth-order valence-electron chi connectivity index (χ4n) is 1.30. The Morgan fingerprint density at radius 3 is 2.88 bits per heavy atom. The van der Waals surface area contributed by atoms with Gasteiger partial charge in [0, 0.05) is 16.6 Å². The molecule has 0 bridgehead atoms. The molecule has 4 heteroatoms. The summed E-state index contributed by atoms with van der Waals surface area (Å²) < 4.78 is 0. The minimum Gasteiger partial charge on any atom is -0.399 e. The molecule has 0 spiro atoms. The Balaban J connectivity index is 2.53. The monoisotopic (exact) mass is 252 g/mol. The number of rotatable bonds is 5. The van der Waals surface area contributed by atoms with Gasteiger partial charge >= 0.3 is 0 Å². The highest BCUT2D eigenvalue weighted by Crippen LogP contribution is 2.19. The van der Waals surface area contributed by atoms with Crippen molar-refractivity contribution in [3.05, 3.63) is 23.8 Å². The number of thioether (sulfide) groups is 1. The van der Waals surface area contributed by atoms with E-state index in [2.05, 4.69) is 19.2 Å². The van der Waals surface area contributed by atoms with Gasteiger partial charge in [0.15, 0.2) is 0 Å². The fourth-order valence-corrected chi connectivity index (χ4v) is 2.04. The first-order valence-electron chi connectivity index (χ1n) is 5.80. The third-order valence-corrected chi connectivity index (χ3v) is 3.94. The maximum absolute atomic E-state index is 11.7. The van der Waals surface area contributed by atoms with Crippen LogP contribution >= 0.6 is 11.8 Å². The van der Waals surface area contributed by atoms with Gasteiger partial charge in [-0.1, -0.05) is 19.9 Å². The molecule has 1 rings (SSSR count). The molecule has 0 aromatic heterocycles. The number of anilines is 2. The summed E-state index contributed by atoms with van der Waals surface area (Å²) in [5, 5.41) is 3.41. The van der Waals surface area contributed by atoms with Crippen LogP contribution in [0.25, 0.3) is 0 Å². The molecule has 0 radical (unpaired) electrons. The second-order valence-corrected chi connectivity index (χ2v) is 5.58. The largest absolute Gasteiger partial charge is 0.399 e. The SMILES string of the molecule is CCC(C)SCC(=O)Nc1cc(N)ccc1C. The van der Waals surface area contributed by atoms with E-state index in [0.717, 1.165) is 17.7 Å². The van der Waals surface area contributed by atoms with E-state index in [-0.39, 0.29) is 5.91 Å². The highest BCUT2D eigenvalue weighted by Gasteiger charge is 2.07. The van der Waals surface area contributed by atoms with Crippen LogP contribution in [0.4, 0.5) is 11.4 Å². The maximum Gasteiger partial charge on any atom is 0.234 e. The van der Waals surface area contributed by atoms with Crippen LogP contribution in [0, 0.1) is 6.92 Å². The fraction of sp³-hybridized carbons (Fsp3) is 0.462. The lowest BCUT2D eigenvalue weighted by atomic mass is 10.2. The summed E-state index contributed by atoms with van der Waals surface area (Å²) in [6.45, 7) is 6.21. The first kappa shape index (κ1) is 13.9. The number of carbonyl (C=O) groups is 1. The van der Waals surface area contributed by atoms with Crippen LogP contribution in [0.3, 0.4) is 0 Å². The quantitative estimate of drug-likeness (QED) is 0.792. The molecule has 1 amide bonds. The Hall–Kier alpha value is -1.16. The van der Waals surface area contributed by atoms with Gasteiger partial charge in [-0.3, -0.25) is 4.79 Å². The molecule has 1 unspecified atom stereocenters. The molecule has 0 aliphatic heterocycles. The molecule has 0 aliphatic rings. The minimum absolute atomic E-state index is 0.0315. The summed E-state index contributed by atoms with van der Waals surface area (Å²) in [6.07, 6.45) is 1.08. The zero-order valence-electron chi connectivity index (χ0n) is 10.6. The average molecular weight is 252 g/mol.